The van der Waals surface area contributed by atoms with Crippen LogP contribution in [0.5, 0.6) is 0 Å². The molecule has 0 unspecified atom stereocenters. The number of aromatic amines is 1. The zero-order valence-electron chi connectivity index (χ0n) is 23.5. The Morgan fingerprint density at radius 3 is 1.95 bits per heavy atom. The Kier molecular flexibility index (Phi) is 10.2. The molecule has 228 valence electrons. The summed E-state index contributed by atoms with van der Waals surface area (Å²) in [6.45, 7) is 0. The number of nitrogens with zero attached hydrogens (tertiary/aromatic N) is 4. The number of rotatable bonds is 4. The van der Waals surface area contributed by atoms with Crippen LogP contribution in [0.25, 0.3) is 11.0 Å². The van der Waals surface area contributed by atoms with E-state index >= 15 is 0 Å². The van der Waals surface area contributed by atoms with E-state index < -0.39 is 11.6 Å². The van der Waals surface area contributed by atoms with Crippen molar-refractivity contribution < 1.29 is 14.3 Å². The third-order valence-corrected chi connectivity index (χ3v) is 7.66. The Morgan fingerprint density at radius 2 is 1.39 bits per heavy atom. The second kappa shape index (κ2) is 14.1. The van der Waals surface area contributed by atoms with E-state index in [9.17, 15) is 8.78 Å². The largest absolute Gasteiger partial charge is 0.412 e. The average molecular weight is 621 g/mol. The summed E-state index contributed by atoms with van der Waals surface area (Å²) in [7, 11) is 0. The Labute approximate surface area is 256 Å². The highest BCUT2D eigenvalue weighted by Gasteiger charge is 2.18. The van der Waals surface area contributed by atoms with Gasteiger partial charge < -0.3 is 21.8 Å². The molecule has 0 fully saturated rings. The highest BCUT2D eigenvalue weighted by molar-refractivity contribution is 6.30. The van der Waals surface area contributed by atoms with Crippen LogP contribution in [0.2, 0.25) is 5.15 Å². The number of aryl methyl sites for hydroxylation is 2. The molecule has 2 aliphatic carbocycles. The highest BCUT2D eigenvalue weighted by Crippen LogP contribution is 2.33. The Balaban J connectivity index is 0.000000186. The van der Waals surface area contributed by atoms with E-state index in [4.69, 9.17) is 22.6 Å². The molecule has 3 heterocycles. The fraction of sp³-hybridized carbons (Fsp3) is 0.200. The number of benzene rings is 2. The maximum absolute atomic E-state index is 14.2. The number of aromatic nitrogens is 4. The molecule has 11 nitrogen and oxygen atoms in total. The smallest absolute Gasteiger partial charge is 0.185 e. The van der Waals surface area contributed by atoms with E-state index in [1.54, 1.807) is 6.07 Å². The van der Waals surface area contributed by atoms with E-state index in [1.807, 2.05) is 24.3 Å². The van der Waals surface area contributed by atoms with Crippen molar-refractivity contribution in [3.8, 4) is 6.07 Å². The summed E-state index contributed by atoms with van der Waals surface area (Å²) < 4.78 is 28.1. The van der Waals surface area contributed by atoms with Crippen molar-refractivity contribution in [2.45, 2.75) is 38.5 Å². The first-order chi connectivity index (χ1) is 20.9. The summed E-state index contributed by atoms with van der Waals surface area (Å²) >= 11 is 5.84. The molecule has 14 heteroatoms. The van der Waals surface area contributed by atoms with Gasteiger partial charge in [0.05, 0.1) is 10.9 Å². The van der Waals surface area contributed by atoms with Gasteiger partial charge in [-0.05, 0) is 85.0 Å². The number of hydrogen-bond donors (Lipinski definition) is 6. The molecule has 0 saturated heterocycles. The molecular weight excluding hydrogens is 590 g/mol. The van der Waals surface area contributed by atoms with Crippen molar-refractivity contribution in [3.63, 3.8) is 0 Å². The lowest BCUT2D eigenvalue weighted by Gasteiger charge is -2.11. The van der Waals surface area contributed by atoms with Crippen LogP contribution in [0.3, 0.4) is 0 Å². The number of nitrogen functional groups attached to an aromatic ring is 1. The Bertz CT molecular complexity index is 1840. The summed E-state index contributed by atoms with van der Waals surface area (Å²) in [5.41, 5.74) is 13.0. The number of pyridine rings is 2. The van der Waals surface area contributed by atoms with Crippen LogP contribution in [0, 0.1) is 23.0 Å². The topological polar surface area (TPSA) is 212 Å². The summed E-state index contributed by atoms with van der Waals surface area (Å²) in [5, 5.41) is 21.9. The number of nitriles is 1. The van der Waals surface area contributed by atoms with Crippen molar-refractivity contribution in [1.29, 1.82) is 5.26 Å². The van der Waals surface area contributed by atoms with Gasteiger partial charge in [0, 0.05) is 11.4 Å². The molecule has 7 rings (SSSR count). The molecule has 5 aromatic rings. The lowest BCUT2D eigenvalue weighted by molar-refractivity contribution is 0.626. The van der Waals surface area contributed by atoms with E-state index in [0.29, 0.717) is 16.9 Å². The third kappa shape index (κ3) is 6.53. The second-order valence-electron chi connectivity index (χ2n) is 9.94. The number of hydrazine groups is 1. The zero-order valence-corrected chi connectivity index (χ0v) is 24.3. The summed E-state index contributed by atoms with van der Waals surface area (Å²) in [6.07, 6.45) is 6.36. The van der Waals surface area contributed by atoms with Crippen molar-refractivity contribution >= 4 is 51.5 Å². The van der Waals surface area contributed by atoms with E-state index in [2.05, 4.69) is 54.6 Å². The molecule has 0 aliphatic heterocycles. The van der Waals surface area contributed by atoms with Crippen LogP contribution in [0.1, 0.15) is 40.7 Å². The first-order valence-electron chi connectivity index (χ1n) is 13.6. The van der Waals surface area contributed by atoms with Gasteiger partial charge >= 0.3 is 0 Å². The van der Waals surface area contributed by atoms with Crippen LogP contribution in [0.4, 0.5) is 37.6 Å². The molecule has 0 atom stereocenters. The highest BCUT2D eigenvalue weighted by atomic mass is 35.5. The molecule has 11 N–H and O–H groups in total. The minimum absolute atomic E-state index is 0. The molecule has 0 bridgehead atoms. The van der Waals surface area contributed by atoms with E-state index in [-0.39, 0.29) is 27.8 Å². The standard InChI is InChI=1S/C15H11ClFN3.C15H14FN5.H4N2.H2O/c16-14-10(8-18)7-12(17)15(20-14)19-13-6-2-4-9-3-1-5-11(9)13;16-11-7-10-13(17)20-21-14(10)19-15(11)18-12-6-2-4-8-3-1-5-9(8)12;1-2;/h2,4,6-7H,1,3,5H2,(H,19,20);2,4,6-7H,1,3,5H2,(H4,17,18,19,20,21);1-2H2;1H2. The quantitative estimate of drug-likeness (QED) is 0.0916. The summed E-state index contributed by atoms with van der Waals surface area (Å²) in [6, 6.07) is 16.2. The first-order valence-corrected chi connectivity index (χ1v) is 13.9. The van der Waals surface area contributed by atoms with Gasteiger partial charge in [0.2, 0.25) is 0 Å². The summed E-state index contributed by atoms with van der Waals surface area (Å²) in [4.78, 5) is 8.13. The fourth-order valence-corrected chi connectivity index (χ4v) is 5.57. The zero-order chi connectivity index (χ0) is 30.5. The third-order valence-electron chi connectivity index (χ3n) is 7.38. The van der Waals surface area contributed by atoms with Crippen LogP contribution in [-0.4, -0.2) is 25.6 Å². The van der Waals surface area contributed by atoms with Gasteiger partial charge in [-0.15, -0.1) is 0 Å². The van der Waals surface area contributed by atoms with Gasteiger partial charge in [0.1, 0.15) is 17.0 Å². The maximum atomic E-state index is 14.2. The Morgan fingerprint density at radius 1 is 0.841 bits per heavy atom. The predicted molar refractivity (Wildman–Crippen MR) is 168 cm³/mol. The van der Waals surface area contributed by atoms with Crippen LogP contribution in [-0.2, 0) is 25.7 Å². The van der Waals surface area contributed by atoms with Gasteiger partial charge in [0.25, 0.3) is 0 Å². The van der Waals surface area contributed by atoms with Crippen molar-refractivity contribution in [3.05, 3.63) is 93.1 Å². The number of anilines is 5. The molecule has 2 aromatic carbocycles. The minimum Gasteiger partial charge on any atom is -0.412 e. The van der Waals surface area contributed by atoms with Gasteiger partial charge in [-0.3, -0.25) is 16.8 Å². The lowest BCUT2D eigenvalue weighted by Crippen LogP contribution is -2.02. The predicted octanol–water partition coefficient (Wildman–Crippen LogP) is 4.88. The number of halogens is 3. The molecule has 3 aromatic heterocycles. The molecule has 44 heavy (non-hydrogen) atoms. The van der Waals surface area contributed by atoms with Gasteiger partial charge in [-0.25, -0.2) is 18.7 Å². The normalized spacial score (nSPS) is 12.5. The molecule has 0 saturated carbocycles. The van der Waals surface area contributed by atoms with Gasteiger partial charge in [0.15, 0.2) is 28.9 Å². The van der Waals surface area contributed by atoms with Crippen LogP contribution in [0.15, 0.2) is 48.5 Å². The number of H-pyrrole nitrogens is 1. The molecule has 0 amide bonds. The van der Waals surface area contributed by atoms with Crippen molar-refractivity contribution in [2.75, 3.05) is 16.4 Å². The minimum atomic E-state index is -0.582. The van der Waals surface area contributed by atoms with Crippen LogP contribution >= 0.6 is 11.6 Å². The number of fused-ring (bicyclic) bond motifs is 3. The summed E-state index contributed by atoms with van der Waals surface area (Å²) in [5.74, 6) is 7.53. The van der Waals surface area contributed by atoms with Crippen molar-refractivity contribution in [1.82, 2.24) is 20.2 Å². The van der Waals surface area contributed by atoms with E-state index in [0.717, 1.165) is 56.0 Å². The maximum Gasteiger partial charge on any atom is 0.185 e. The fourth-order valence-electron chi connectivity index (χ4n) is 5.38. The number of nitrogens with two attached hydrogens (primary N) is 3. The number of nitrogens with one attached hydrogen (secondary N) is 3. The molecule has 0 radical (unpaired) electrons. The monoisotopic (exact) mass is 620 g/mol. The second-order valence-corrected chi connectivity index (χ2v) is 10.3. The molecule has 0 spiro atoms. The number of hydrogen-bond acceptors (Lipinski definition) is 9. The van der Waals surface area contributed by atoms with Crippen LogP contribution < -0.4 is 28.1 Å². The lowest BCUT2D eigenvalue weighted by atomic mass is 10.1. The van der Waals surface area contributed by atoms with Gasteiger partial charge in [-0.1, -0.05) is 35.9 Å². The first kappa shape index (κ1) is 32.1. The van der Waals surface area contributed by atoms with Crippen molar-refractivity contribution in [2.24, 2.45) is 11.7 Å². The average Bonchev–Trinajstić information content (AvgIpc) is 3.78. The Hall–Kier alpha value is -4.87. The SMILES string of the molecule is N#Cc1cc(F)c(Nc2cccc3c2CCC3)nc1Cl.NN.Nc1[nH]nc2nc(Nc3cccc4c3CCC4)c(F)cc12.O. The van der Waals surface area contributed by atoms with E-state index in [1.165, 1.54) is 28.3 Å². The molecular formula is C30H31ClF2N10O. The molecule has 2 aliphatic rings. The van der Waals surface area contributed by atoms with Gasteiger partial charge in [-0.2, -0.15) is 10.4 Å².